The van der Waals surface area contributed by atoms with Crippen LogP contribution in [0.4, 0.5) is 17.6 Å². The highest BCUT2D eigenvalue weighted by molar-refractivity contribution is 5.84. The Bertz CT molecular complexity index is 536. The summed E-state index contributed by atoms with van der Waals surface area (Å²) >= 11 is 0. The van der Waals surface area contributed by atoms with Crippen molar-refractivity contribution < 1.29 is 22.4 Å². The maximum Gasteiger partial charge on any atom is 0.471 e. The lowest BCUT2D eigenvalue weighted by molar-refractivity contribution is -0.184. The Morgan fingerprint density at radius 2 is 2.00 bits per heavy atom. The van der Waals surface area contributed by atoms with E-state index in [4.69, 9.17) is 0 Å². The third-order valence-corrected chi connectivity index (χ3v) is 3.02. The minimum atomic E-state index is -4.90. The number of rotatable bonds is 0. The monoisotopic (exact) mass is 273 g/mol. The molecule has 1 aliphatic heterocycles. The van der Waals surface area contributed by atoms with Crippen LogP contribution in [0.2, 0.25) is 0 Å². The third-order valence-electron chi connectivity index (χ3n) is 3.02. The van der Waals surface area contributed by atoms with Gasteiger partial charge in [-0.1, -0.05) is 12.6 Å². The standard InChI is InChI=1S/C13H11F4NO/c1-8-7-18(12(19)13(15,16)17)5-4-9-2-3-10(14)6-11(8)9/h2-3,6H,1,4-5,7H2. The van der Waals surface area contributed by atoms with Crippen molar-refractivity contribution in [3.63, 3.8) is 0 Å². The molecule has 0 saturated carbocycles. The van der Waals surface area contributed by atoms with Gasteiger partial charge in [-0.05, 0) is 35.3 Å². The van der Waals surface area contributed by atoms with Crippen molar-refractivity contribution >= 4 is 11.5 Å². The molecule has 102 valence electrons. The second-order valence-electron chi connectivity index (χ2n) is 4.38. The Balaban J connectivity index is 2.28. The average Bonchev–Trinajstić information content (AvgIpc) is 2.47. The third kappa shape index (κ3) is 2.77. The molecule has 0 bridgehead atoms. The fourth-order valence-corrected chi connectivity index (χ4v) is 2.10. The van der Waals surface area contributed by atoms with Crippen LogP contribution in [-0.2, 0) is 11.2 Å². The average molecular weight is 273 g/mol. The molecule has 2 nitrogen and oxygen atoms in total. The van der Waals surface area contributed by atoms with Gasteiger partial charge in [-0.15, -0.1) is 0 Å². The van der Waals surface area contributed by atoms with E-state index in [2.05, 4.69) is 6.58 Å². The van der Waals surface area contributed by atoms with Gasteiger partial charge in [0.1, 0.15) is 5.82 Å². The zero-order chi connectivity index (χ0) is 14.2. The molecule has 0 aromatic heterocycles. The summed E-state index contributed by atoms with van der Waals surface area (Å²) in [6.07, 6.45) is -4.65. The van der Waals surface area contributed by atoms with Gasteiger partial charge < -0.3 is 4.90 Å². The van der Waals surface area contributed by atoms with E-state index in [1.54, 1.807) is 0 Å². The second-order valence-corrected chi connectivity index (χ2v) is 4.38. The number of carbonyl (C=O) groups excluding carboxylic acids is 1. The summed E-state index contributed by atoms with van der Waals surface area (Å²) in [5.74, 6) is -2.36. The number of alkyl halides is 3. The van der Waals surface area contributed by atoms with Gasteiger partial charge in [0.2, 0.25) is 0 Å². The van der Waals surface area contributed by atoms with Gasteiger partial charge in [0.05, 0.1) is 0 Å². The van der Waals surface area contributed by atoms with E-state index in [0.717, 1.165) is 0 Å². The van der Waals surface area contributed by atoms with Crippen molar-refractivity contribution in [3.05, 3.63) is 41.7 Å². The summed E-state index contributed by atoms with van der Waals surface area (Å²) in [4.78, 5) is 11.9. The van der Waals surface area contributed by atoms with Gasteiger partial charge in [0.15, 0.2) is 0 Å². The summed E-state index contributed by atoms with van der Waals surface area (Å²) in [5.41, 5.74) is 1.49. The SMILES string of the molecule is C=C1CN(C(=O)C(F)(F)F)CCc2ccc(F)cc21. The maximum atomic E-state index is 13.1. The molecule has 1 aliphatic rings. The fraction of sp³-hybridized carbons (Fsp3) is 0.308. The molecule has 1 heterocycles. The smallest absolute Gasteiger partial charge is 0.330 e. The van der Waals surface area contributed by atoms with E-state index >= 15 is 0 Å². The van der Waals surface area contributed by atoms with Crippen LogP contribution in [-0.4, -0.2) is 30.1 Å². The van der Waals surface area contributed by atoms with Gasteiger partial charge in [-0.3, -0.25) is 4.79 Å². The van der Waals surface area contributed by atoms with E-state index in [9.17, 15) is 22.4 Å². The molecule has 2 rings (SSSR count). The predicted octanol–water partition coefficient (Wildman–Crippen LogP) is 2.79. The van der Waals surface area contributed by atoms with E-state index in [-0.39, 0.29) is 19.5 Å². The molecule has 1 aromatic carbocycles. The molecule has 0 saturated heterocycles. The topological polar surface area (TPSA) is 20.3 Å². The van der Waals surface area contributed by atoms with Crippen molar-refractivity contribution in [3.8, 4) is 0 Å². The number of hydrogen-bond donors (Lipinski definition) is 0. The van der Waals surface area contributed by atoms with Crippen LogP contribution in [0, 0.1) is 5.82 Å². The van der Waals surface area contributed by atoms with Crippen LogP contribution in [0.5, 0.6) is 0 Å². The van der Waals surface area contributed by atoms with E-state index in [1.807, 2.05) is 0 Å². The van der Waals surface area contributed by atoms with Crippen LogP contribution >= 0.6 is 0 Å². The molecule has 0 fully saturated rings. The molecule has 0 atom stereocenters. The predicted molar refractivity (Wildman–Crippen MR) is 61.8 cm³/mol. The number of fused-ring (bicyclic) bond motifs is 1. The normalized spacial score (nSPS) is 16.0. The molecular weight excluding hydrogens is 262 g/mol. The molecule has 6 heteroatoms. The number of halogens is 4. The molecule has 1 amide bonds. The fourth-order valence-electron chi connectivity index (χ4n) is 2.10. The molecule has 0 aliphatic carbocycles. The molecular formula is C13H11F4NO. The van der Waals surface area contributed by atoms with E-state index < -0.39 is 17.9 Å². The summed E-state index contributed by atoms with van der Waals surface area (Å²) in [7, 11) is 0. The molecule has 0 N–H and O–H groups in total. The first-order valence-corrected chi connectivity index (χ1v) is 5.61. The van der Waals surface area contributed by atoms with Crippen molar-refractivity contribution in [2.45, 2.75) is 12.6 Å². The number of carbonyl (C=O) groups is 1. The van der Waals surface area contributed by atoms with Crippen LogP contribution in [0.3, 0.4) is 0 Å². The summed E-state index contributed by atoms with van der Waals surface area (Å²) in [6, 6.07) is 3.99. The maximum absolute atomic E-state index is 13.1. The number of benzene rings is 1. The molecule has 0 spiro atoms. The highest BCUT2D eigenvalue weighted by Crippen LogP contribution is 2.27. The van der Waals surface area contributed by atoms with Crippen molar-refractivity contribution in [2.75, 3.05) is 13.1 Å². The highest BCUT2D eigenvalue weighted by Gasteiger charge is 2.42. The Morgan fingerprint density at radius 1 is 1.32 bits per heavy atom. The summed E-state index contributed by atoms with van der Waals surface area (Å²) < 4.78 is 50.4. The second kappa shape index (κ2) is 4.68. The summed E-state index contributed by atoms with van der Waals surface area (Å²) in [6.45, 7) is 3.34. The molecule has 19 heavy (non-hydrogen) atoms. The zero-order valence-corrected chi connectivity index (χ0v) is 9.93. The first kappa shape index (κ1) is 13.6. The Labute approximate surface area is 107 Å². The molecule has 1 aromatic rings. The number of hydrogen-bond acceptors (Lipinski definition) is 1. The highest BCUT2D eigenvalue weighted by atomic mass is 19.4. The lowest BCUT2D eigenvalue weighted by Gasteiger charge is -2.21. The van der Waals surface area contributed by atoms with Gasteiger partial charge in [0, 0.05) is 13.1 Å². The van der Waals surface area contributed by atoms with Crippen molar-refractivity contribution in [2.24, 2.45) is 0 Å². The zero-order valence-electron chi connectivity index (χ0n) is 9.93. The van der Waals surface area contributed by atoms with Crippen molar-refractivity contribution in [1.29, 1.82) is 0 Å². The summed E-state index contributed by atoms with van der Waals surface area (Å²) in [5, 5.41) is 0. The minimum Gasteiger partial charge on any atom is -0.330 e. The van der Waals surface area contributed by atoms with Gasteiger partial charge in [-0.2, -0.15) is 13.2 Å². The van der Waals surface area contributed by atoms with Gasteiger partial charge in [-0.25, -0.2) is 4.39 Å². The lowest BCUT2D eigenvalue weighted by atomic mass is 10.00. The van der Waals surface area contributed by atoms with Crippen molar-refractivity contribution in [1.82, 2.24) is 4.90 Å². The van der Waals surface area contributed by atoms with Crippen LogP contribution < -0.4 is 0 Å². The van der Waals surface area contributed by atoms with Crippen LogP contribution in [0.25, 0.3) is 5.57 Å². The largest absolute Gasteiger partial charge is 0.471 e. The Kier molecular flexibility index (Phi) is 3.34. The van der Waals surface area contributed by atoms with Crippen LogP contribution in [0.15, 0.2) is 24.8 Å². The molecule has 0 radical (unpaired) electrons. The van der Waals surface area contributed by atoms with Gasteiger partial charge >= 0.3 is 12.1 Å². The van der Waals surface area contributed by atoms with Crippen LogP contribution in [0.1, 0.15) is 11.1 Å². The lowest BCUT2D eigenvalue weighted by Crippen LogP contribution is -2.42. The quantitative estimate of drug-likeness (QED) is 0.666. The Hall–Kier alpha value is -1.85. The first-order chi connectivity index (χ1) is 8.79. The number of nitrogens with zero attached hydrogens (tertiary/aromatic N) is 1. The number of amides is 1. The Morgan fingerprint density at radius 3 is 2.63 bits per heavy atom. The first-order valence-electron chi connectivity index (χ1n) is 5.61. The molecule has 0 unspecified atom stereocenters. The van der Waals surface area contributed by atoms with E-state index in [0.29, 0.717) is 21.6 Å². The van der Waals surface area contributed by atoms with Gasteiger partial charge in [0.25, 0.3) is 0 Å². The minimum absolute atomic E-state index is 0.0595. The van der Waals surface area contributed by atoms with E-state index in [1.165, 1.54) is 18.2 Å².